The average Bonchev–Trinajstić information content (AvgIpc) is 3.34. The topological polar surface area (TPSA) is 108 Å². The van der Waals surface area contributed by atoms with Gasteiger partial charge in [-0.15, -0.1) is 0 Å². The highest BCUT2D eigenvalue weighted by molar-refractivity contribution is 7.47. The number of carbonyl (C=O) groups excluding carboxylic acids is 2. The average molecular weight is 1030 g/mol. The molecule has 416 valence electrons. The van der Waals surface area contributed by atoms with E-state index in [9.17, 15) is 19.0 Å². The maximum absolute atomic E-state index is 12.8. The highest BCUT2D eigenvalue weighted by Gasteiger charge is 2.27. The smallest absolute Gasteiger partial charge is 0.462 e. The van der Waals surface area contributed by atoms with Crippen LogP contribution in [0.2, 0.25) is 0 Å². The second-order valence-corrected chi connectivity index (χ2v) is 22.1. The molecular weight excluding hydrogens is 918 g/mol. The van der Waals surface area contributed by atoms with E-state index < -0.39 is 26.5 Å². The Kier molecular flexibility index (Phi) is 51.0. The quantitative estimate of drug-likeness (QED) is 0.0211. The molecule has 0 saturated carbocycles. The van der Waals surface area contributed by atoms with Crippen molar-refractivity contribution in [2.24, 2.45) is 0 Å². The van der Waals surface area contributed by atoms with Crippen LogP contribution in [-0.4, -0.2) is 74.9 Å². The molecule has 0 fully saturated rings. The summed E-state index contributed by atoms with van der Waals surface area (Å²) in [6, 6.07) is 0. The van der Waals surface area contributed by atoms with Crippen LogP contribution in [0.1, 0.15) is 245 Å². The predicted octanol–water partition coefficient (Wildman–Crippen LogP) is 18.3. The van der Waals surface area contributed by atoms with Gasteiger partial charge in [-0.25, -0.2) is 4.57 Å². The Labute approximate surface area is 443 Å². The molecule has 0 aliphatic heterocycles. The number of nitrogens with zero attached hydrogens (tertiary/aromatic N) is 1. The molecule has 0 radical (unpaired) electrons. The molecule has 0 aromatic rings. The lowest BCUT2D eigenvalue weighted by molar-refractivity contribution is -0.870. The van der Waals surface area contributed by atoms with Crippen molar-refractivity contribution in [2.75, 3.05) is 47.5 Å². The molecule has 2 atom stereocenters. The summed E-state index contributed by atoms with van der Waals surface area (Å²) in [6.45, 7) is 4.28. The number of quaternary nitrogens is 1. The van der Waals surface area contributed by atoms with E-state index in [1.54, 1.807) is 0 Å². The monoisotopic (exact) mass is 1030 g/mol. The molecule has 10 heteroatoms. The molecule has 0 saturated heterocycles. The number of allylic oxidation sites excluding steroid dienone is 14. The first-order valence-electron chi connectivity index (χ1n) is 29.3. The van der Waals surface area contributed by atoms with Gasteiger partial charge < -0.3 is 18.9 Å². The first kappa shape index (κ1) is 69.2. The molecule has 72 heavy (non-hydrogen) atoms. The van der Waals surface area contributed by atoms with E-state index in [4.69, 9.17) is 18.5 Å². The molecule has 0 aromatic carbocycles. The van der Waals surface area contributed by atoms with Crippen LogP contribution in [0.3, 0.4) is 0 Å². The lowest BCUT2D eigenvalue weighted by atomic mass is 10.0. The van der Waals surface area contributed by atoms with Crippen LogP contribution in [0.4, 0.5) is 0 Å². The molecule has 2 unspecified atom stereocenters. The minimum absolute atomic E-state index is 0.0196. The van der Waals surface area contributed by atoms with Crippen LogP contribution >= 0.6 is 7.82 Å². The first-order valence-corrected chi connectivity index (χ1v) is 30.8. The Bertz CT molecular complexity index is 1490. The van der Waals surface area contributed by atoms with Gasteiger partial charge in [0.15, 0.2) is 6.10 Å². The Hall–Kier alpha value is -2.81. The summed E-state index contributed by atoms with van der Waals surface area (Å²) in [5.74, 6) is -0.847. The second-order valence-electron chi connectivity index (χ2n) is 20.6. The third-order valence-corrected chi connectivity index (χ3v) is 13.4. The van der Waals surface area contributed by atoms with Crippen molar-refractivity contribution >= 4 is 19.8 Å². The second kappa shape index (κ2) is 53.0. The van der Waals surface area contributed by atoms with Crippen LogP contribution in [0.15, 0.2) is 85.1 Å². The summed E-state index contributed by atoms with van der Waals surface area (Å²) in [5.41, 5.74) is 0. The highest BCUT2D eigenvalue weighted by Crippen LogP contribution is 2.43. The third kappa shape index (κ3) is 56.5. The van der Waals surface area contributed by atoms with Crippen LogP contribution in [0, 0.1) is 0 Å². The van der Waals surface area contributed by atoms with Gasteiger partial charge in [-0.1, -0.05) is 227 Å². The number of hydrogen-bond donors (Lipinski definition) is 1. The summed E-state index contributed by atoms with van der Waals surface area (Å²) < 4.78 is 34.5. The predicted molar refractivity (Wildman–Crippen MR) is 307 cm³/mol. The van der Waals surface area contributed by atoms with Gasteiger partial charge in [-0.3, -0.25) is 18.6 Å². The summed E-state index contributed by atoms with van der Waals surface area (Å²) in [7, 11) is 1.44. The van der Waals surface area contributed by atoms with Crippen molar-refractivity contribution < 1.29 is 42.1 Å². The number of esters is 2. The fourth-order valence-electron chi connectivity index (χ4n) is 7.90. The molecule has 0 aliphatic rings. The Balaban J connectivity index is 4.20. The van der Waals surface area contributed by atoms with Crippen LogP contribution in [0.5, 0.6) is 0 Å². The van der Waals surface area contributed by atoms with E-state index in [1.807, 2.05) is 21.1 Å². The van der Waals surface area contributed by atoms with E-state index in [2.05, 4.69) is 98.9 Å². The van der Waals surface area contributed by atoms with Crippen LogP contribution < -0.4 is 0 Å². The zero-order chi connectivity index (χ0) is 52.7. The van der Waals surface area contributed by atoms with Gasteiger partial charge in [0.1, 0.15) is 19.8 Å². The largest absolute Gasteiger partial charge is 0.472 e. The van der Waals surface area contributed by atoms with E-state index in [1.165, 1.54) is 141 Å². The third-order valence-electron chi connectivity index (χ3n) is 12.4. The molecule has 0 aromatic heterocycles. The number of unbranched alkanes of at least 4 members (excludes halogenated alkanes) is 25. The number of phosphoric ester groups is 1. The SMILES string of the molecule is CC/C=C\C/C=C\C/C=C\C/C=C\C/C=C\C/C=C\CCCCC(=O)OC(COC(=O)CCCCCCCCCCCCCCCCC/C=C\CCCCCCCCCC)COP(=O)(O)OCC[N+](C)(C)C. The molecule has 0 amide bonds. The van der Waals surface area contributed by atoms with Crippen molar-refractivity contribution in [3.05, 3.63) is 85.1 Å². The molecule has 0 heterocycles. The lowest BCUT2D eigenvalue weighted by Crippen LogP contribution is -2.37. The molecule has 1 N–H and O–H groups in total. The number of rotatable bonds is 53. The van der Waals surface area contributed by atoms with Crippen molar-refractivity contribution in [2.45, 2.75) is 251 Å². The van der Waals surface area contributed by atoms with Crippen LogP contribution in [0.25, 0.3) is 0 Å². The normalized spacial score (nSPS) is 13.9. The Morgan fingerprint density at radius 2 is 0.792 bits per heavy atom. The van der Waals surface area contributed by atoms with Gasteiger partial charge in [-0.05, 0) is 89.9 Å². The number of ether oxygens (including phenoxy) is 2. The van der Waals surface area contributed by atoms with Crippen molar-refractivity contribution in [1.82, 2.24) is 0 Å². The van der Waals surface area contributed by atoms with Gasteiger partial charge in [0.05, 0.1) is 27.7 Å². The van der Waals surface area contributed by atoms with E-state index in [-0.39, 0.29) is 32.0 Å². The Morgan fingerprint density at radius 3 is 1.22 bits per heavy atom. The fraction of sp³-hybridized carbons (Fsp3) is 0.742. The minimum Gasteiger partial charge on any atom is -0.462 e. The summed E-state index contributed by atoms with van der Waals surface area (Å²) in [5, 5.41) is 0. The van der Waals surface area contributed by atoms with Gasteiger partial charge in [0.2, 0.25) is 0 Å². The number of hydrogen-bond acceptors (Lipinski definition) is 7. The first-order chi connectivity index (χ1) is 35.0. The van der Waals surface area contributed by atoms with Gasteiger partial charge >= 0.3 is 19.8 Å². The van der Waals surface area contributed by atoms with Crippen molar-refractivity contribution in [3.8, 4) is 0 Å². The summed E-state index contributed by atoms with van der Waals surface area (Å²) in [4.78, 5) is 35.7. The number of likely N-dealkylation sites (N-methyl/N-ethyl adjacent to an activating group) is 1. The molecule has 0 aliphatic carbocycles. The van der Waals surface area contributed by atoms with Crippen molar-refractivity contribution in [1.29, 1.82) is 0 Å². The van der Waals surface area contributed by atoms with E-state index >= 15 is 0 Å². The molecular formula is C62H111NO8P+. The Morgan fingerprint density at radius 1 is 0.444 bits per heavy atom. The van der Waals surface area contributed by atoms with E-state index in [0.717, 1.165) is 70.6 Å². The van der Waals surface area contributed by atoms with Crippen LogP contribution in [-0.2, 0) is 32.7 Å². The van der Waals surface area contributed by atoms with Gasteiger partial charge in [0, 0.05) is 12.8 Å². The highest BCUT2D eigenvalue weighted by atomic mass is 31.2. The fourth-order valence-corrected chi connectivity index (χ4v) is 8.64. The minimum atomic E-state index is -4.40. The standard InChI is InChI=1S/C62H110NO8P/c1-6-8-10-12-14-16-18-20-22-24-26-28-29-30-31-32-33-35-36-38-40-42-44-46-48-50-52-54-61(64)68-58-60(59-70-72(66,67)69-57-56-63(3,4)5)71-62(65)55-53-51-49-47-45-43-41-39-37-34-27-25-23-21-19-17-15-13-11-9-7-2/h9,11,15,17,21,23-24,26-27,34,39,41,45,47,60H,6-8,10,12-14,16,18-20,22,25,28-33,35-38,40,42-44,46,48-59H2,1-5H3/p+1/b11-9-,17-15-,23-21-,26-24-,34-27-,41-39-,47-45-. The van der Waals surface area contributed by atoms with Gasteiger partial charge in [0.25, 0.3) is 0 Å². The summed E-state index contributed by atoms with van der Waals surface area (Å²) in [6.07, 6.45) is 70.9. The maximum Gasteiger partial charge on any atom is 0.472 e. The lowest BCUT2D eigenvalue weighted by Gasteiger charge is -2.24. The molecule has 0 spiro atoms. The number of carbonyl (C=O) groups is 2. The zero-order valence-corrected chi connectivity index (χ0v) is 48.0. The molecule has 0 rings (SSSR count). The number of phosphoric acid groups is 1. The molecule has 9 nitrogen and oxygen atoms in total. The van der Waals surface area contributed by atoms with Crippen molar-refractivity contribution in [3.63, 3.8) is 0 Å². The maximum atomic E-state index is 12.8. The zero-order valence-electron chi connectivity index (χ0n) is 47.1. The summed E-state index contributed by atoms with van der Waals surface area (Å²) >= 11 is 0. The van der Waals surface area contributed by atoms with Gasteiger partial charge in [-0.2, -0.15) is 0 Å². The molecule has 0 bridgehead atoms. The van der Waals surface area contributed by atoms with E-state index in [0.29, 0.717) is 17.4 Å².